The lowest BCUT2D eigenvalue weighted by Gasteiger charge is -2.38. The van der Waals surface area contributed by atoms with Gasteiger partial charge in [0.2, 0.25) is 0 Å². The van der Waals surface area contributed by atoms with Crippen molar-refractivity contribution in [1.82, 2.24) is 4.90 Å². The first-order valence-corrected chi connectivity index (χ1v) is 6.57. The van der Waals surface area contributed by atoms with Gasteiger partial charge < -0.3 is 10.0 Å². The van der Waals surface area contributed by atoms with Crippen LogP contribution in [0.1, 0.15) is 36.5 Å². The van der Waals surface area contributed by atoms with Crippen LogP contribution in [0.3, 0.4) is 0 Å². The maximum Gasteiger partial charge on any atom is 0.0921 e. The van der Waals surface area contributed by atoms with E-state index in [1.807, 2.05) is 0 Å². The Balaban J connectivity index is 2.18. The van der Waals surface area contributed by atoms with E-state index in [1.54, 1.807) is 0 Å². The average molecular weight is 233 g/mol. The maximum atomic E-state index is 10.7. The normalized spacial score (nSPS) is 20.5. The number of aliphatic hydroxyl groups is 1. The van der Waals surface area contributed by atoms with Crippen molar-refractivity contribution in [2.24, 2.45) is 0 Å². The molecule has 0 saturated carbocycles. The van der Waals surface area contributed by atoms with E-state index >= 15 is 0 Å². The predicted octanol–water partition coefficient (Wildman–Crippen LogP) is 2.61. The first-order chi connectivity index (χ1) is 8.05. The molecule has 1 saturated heterocycles. The number of hydrogen-bond donors (Lipinski definition) is 1. The smallest absolute Gasteiger partial charge is 0.0921 e. The highest BCUT2D eigenvalue weighted by atomic mass is 16.3. The number of hydrogen-bond acceptors (Lipinski definition) is 2. The zero-order valence-electron chi connectivity index (χ0n) is 11.2. The minimum Gasteiger partial charge on any atom is -0.385 e. The van der Waals surface area contributed by atoms with Gasteiger partial charge in [0.15, 0.2) is 0 Å². The van der Waals surface area contributed by atoms with Crippen LogP contribution < -0.4 is 0 Å². The first-order valence-electron chi connectivity index (χ1n) is 6.57. The summed E-state index contributed by atoms with van der Waals surface area (Å²) in [5.41, 5.74) is 3.05. The second kappa shape index (κ2) is 4.79. The standard InChI is InChI=1S/C15H23NO/c1-4-16-9-7-15(17,8-10-16)14-6-5-12(2)13(3)11-14/h5-6,11,17H,4,7-10H2,1-3H3. The highest BCUT2D eigenvalue weighted by molar-refractivity contribution is 5.33. The van der Waals surface area contributed by atoms with Gasteiger partial charge in [-0.15, -0.1) is 0 Å². The molecule has 0 unspecified atom stereocenters. The number of aryl methyl sites for hydroxylation is 2. The third kappa shape index (κ3) is 2.53. The van der Waals surface area contributed by atoms with Crippen LogP contribution in [-0.4, -0.2) is 29.6 Å². The summed E-state index contributed by atoms with van der Waals surface area (Å²) < 4.78 is 0. The van der Waals surface area contributed by atoms with Crippen molar-refractivity contribution in [2.75, 3.05) is 19.6 Å². The summed E-state index contributed by atoms with van der Waals surface area (Å²) in [4.78, 5) is 2.40. The lowest BCUT2D eigenvalue weighted by molar-refractivity contribution is -0.0247. The molecule has 1 aliphatic heterocycles. The summed E-state index contributed by atoms with van der Waals surface area (Å²) in [7, 11) is 0. The molecule has 1 N–H and O–H groups in total. The van der Waals surface area contributed by atoms with Crippen molar-refractivity contribution >= 4 is 0 Å². The molecule has 0 aromatic heterocycles. The highest BCUT2D eigenvalue weighted by Gasteiger charge is 2.33. The Morgan fingerprint density at radius 2 is 1.82 bits per heavy atom. The van der Waals surface area contributed by atoms with E-state index in [1.165, 1.54) is 11.1 Å². The van der Waals surface area contributed by atoms with Crippen molar-refractivity contribution in [1.29, 1.82) is 0 Å². The number of benzene rings is 1. The molecular weight excluding hydrogens is 210 g/mol. The van der Waals surface area contributed by atoms with Gasteiger partial charge in [0.1, 0.15) is 0 Å². The van der Waals surface area contributed by atoms with Crippen LogP contribution >= 0.6 is 0 Å². The van der Waals surface area contributed by atoms with Crippen LogP contribution in [0.5, 0.6) is 0 Å². The molecule has 1 heterocycles. The van der Waals surface area contributed by atoms with Gasteiger partial charge in [0.25, 0.3) is 0 Å². The summed E-state index contributed by atoms with van der Waals surface area (Å²) in [5.74, 6) is 0. The second-order valence-corrected chi connectivity index (χ2v) is 5.26. The van der Waals surface area contributed by atoms with Crippen LogP contribution in [0.2, 0.25) is 0 Å². The Kier molecular flexibility index (Phi) is 3.55. The molecule has 2 heteroatoms. The fourth-order valence-corrected chi connectivity index (χ4v) is 2.56. The fourth-order valence-electron chi connectivity index (χ4n) is 2.56. The molecule has 1 aromatic rings. The summed E-state index contributed by atoms with van der Waals surface area (Å²) in [6.45, 7) is 9.50. The van der Waals surface area contributed by atoms with E-state index in [2.05, 4.69) is 43.9 Å². The number of likely N-dealkylation sites (tertiary alicyclic amines) is 1. The molecule has 0 radical (unpaired) electrons. The van der Waals surface area contributed by atoms with E-state index in [-0.39, 0.29) is 0 Å². The van der Waals surface area contributed by atoms with Crippen LogP contribution in [0, 0.1) is 13.8 Å². The van der Waals surface area contributed by atoms with Crippen molar-refractivity contribution in [3.8, 4) is 0 Å². The van der Waals surface area contributed by atoms with E-state index in [0.717, 1.165) is 38.0 Å². The topological polar surface area (TPSA) is 23.5 Å². The summed E-state index contributed by atoms with van der Waals surface area (Å²) >= 11 is 0. The van der Waals surface area contributed by atoms with Gasteiger partial charge in [-0.2, -0.15) is 0 Å². The Morgan fingerprint density at radius 3 is 2.35 bits per heavy atom. The summed E-state index contributed by atoms with van der Waals surface area (Å²) in [6, 6.07) is 6.36. The summed E-state index contributed by atoms with van der Waals surface area (Å²) in [6.07, 6.45) is 1.70. The third-order valence-corrected chi connectivity index (χ3v) is 4.17. The van der Waals surface area contributed by atoms with Crippen molar-refractivity contribution in [3.63, 3.8) is 0 Å². The number of nitrogens with zero attached hydrogens (tertiary/aromatic N) is 1. The van der Waals surface area contributed by atoms with Gasteiger partial charge in [-0.3, -0.25) is 0 Å². The van der Waals surface area contributed by atoms with Gasteiger partial charge in [-0.1, -0.05) is 25.1 Å². The molecule has 0 bridgehead atoms. The molecular formula is C15H23NO. The summed E-state index contributed by atoms with van der Waals surface area (Å²) in [5, 5.41) is 10.7. The molecule has 2 nitrogen and oxygen atoms in total. The van der Waals surface area contributed by atoms with E-state index in [9.17, 15) is 5.11 Å². The highest BCUT2D eigenvalue weighted by Crippen LogP contribution is 2.33. The van der Waals surface area contributed by atoms with Crippen LogP contribution in [-0.2, 0) is 5.60 Å². The molecule has 2 rings (SSSR count). The fraction of sp³-hybridized carbons (Fsp3) is 0.600. The van der Waals surface area contributed by atoms with Gasteiger partial charge in [-0.05, 0) is 49.9 Å². The number of rotatable bonds is 2. The van der Waals surface area contributed by atoms with Crippen molar-refractivity contribution < 1.29 is 5.11 Å². The zero-order valence-corrected chi connectivity index (χ0v) is 11.2. The SMILES string of the molecule is CCN1CCC(O)(c2ccc(C)c(C)c2)CC1. The van der Waals surface area contributed by atoms with Crippen LogP contribution in [0.25, 0.3) is 0 Å². The van der Waals surface area contributed by atoms with Gasteiger partial charge in [-0.25, -0.2) is 0 Å². The minimum absolute atomic E-state index is 0.607. The van der Waals surface area contributed by atoms with E-state index < -0.39 is 5.60 Å². The molecule has 0 spiro atoms. The maximum absolute atomic E-state index is 10.7. The zero-order chi connectivity index (χ0) is 12.5. The monoisotopic (exact) mass is 233 g/mol. The molecule has 0 aliphatic carbocycles. The van der Waals surface area contributed by atoms with Gasteiger partial charge in [0.05, 0.1) is 5.60 Å². The lowest BCUT2D eigenvalue weighted by atomic mass is 9.83. The molecule has 94 valence electrons. The van der Waals surface area contributed by atoms with Gasteiger partial charge >= 0.3 is 0 Å². The minimum atomic E-state index is -0.607. The van der Waals surface area contributed by atoms with Gasteiger partial charge in [0, 0.05) is 13.1 Å². The Labute approximate surface area is 104 Å². The molecule has 0 amide bonds. The molecule has 1 aliphatic rings. The second-order valence-electron chi connectivity index (χ2n) is 5.26. The van der Waals surface area contributed by atoms with Crippen molar-refractivity contribution in [3.05, 3.63) is 34.9 Å². The molecule has 0 atom stereocenters. The van der Waals surface area contributed by atoms with E-state index in [4.69, 9.17) is 0 Å². The van der Waals surface area contributed by atoms with Crippen LogP contribution in [0.15, 0.2) is 18.2 Å². The van der Waals surface area contributed by atoms with Crippen LogP contribution in [0.4, 0.5) is 0 Å². The van der Waals surface area contributed by atoms with Crippen molar-refractivity contribution in [2.45, 2.75) is 39.2 Å². The Bertz CT molecular complexity index is 392. The third-order valence-electron chi connectivity index (χ3n) is 4.17. The average Bonchev–Trinajstić information content (AvgIpc) is 2.33. The Hall–Kier alpha value is -0.860. The number of piperidine rings is 1. The molecule has 1 fully saturated rings. The Morgan fingerprint density at radius 1 is 1.18 bits per heavy atom. The molecule has 1 aromatic carbocycles. The lowest BCUT2D eigenvalue weighted by Crippen LogP contribution is -2.42. The van der Waals surface area contributed by atoms with E-state index in [0.29, 0.717) is 0 Å². The predicted molar refractivity (Wildman–Crippen MR) is 71.2 cm³/mol. The molecule has 17 heavy (non-hydrogen) atoms. The first kappa shape index (κ1) is 12.6. The quantitative estimate of drug-likeness (QED) is 0.848. The largest absolute Gasteiger partial charge is 0.385 e.